The van der Waals surface area contributed by atoms with Crippen LogP contribution in [0.15, 0.2) is 29.2 Å². The van der Waals surface area contributed by atoms with Gasteiger partial charge in [-0.2, -0.15) is 0 Å². The number of ether oxygens (including phenoxy) is 1. The Morgan fingerprint density at radius 3 is 2.12 bits per heavy atom. The standard InChI is InChI=1S/C17H26N2O5S/c1-13(2)12-19(11-10-16(20)24-5)17(21)14-6-8-15(9-7-14)25(22,23)18(3)4/h6-9,13H,10-12H2,1-5H3. The number of nitrogens with zero attached hydrogens (tertiary/aromatic N) is 2. The first-order valence-electron chi connectivity index (χ1n) is 7.98. The molecule has 1 rings (SSSR count). The van der Waals surface area contributed by atoms with Crippen molar-refractivity contribution in [3.63, 3.8) is 0 Å². The van der Waals surface area contributed by atoms with Crippen LogP contribution in [0.3, 0.4) is 0 Å². The summed E-state index contributed by atoms with van der Waals surface area (Å²) in [5.74, 6) is -0.393. The maximum absolute atomic E-state index is 12.7. The molecule has 0 saturated heterocycles. The van der Waals surface area contributed by atoms with Gasteiger partial charge in [-0.3, -0.25) is 9.59 Å². The summed E-state index contributed by atoms with van der Waals surface area (Å²) in [4.78, 5) is 25.7. The van der Waals surface area contributed by atoms with Crippen molar-refractivity contribution in [2.24, 2.45) is 5.92 Å². The first-order chi connectivity index (χ1) is 11.6. The van der Waals surface area contributed by atoms with Gasteiger partial charge in [-0.15, -0.1) is 0 Å². The van der Waals surface area contributed by atoms with Crippen molar-refractivity contribution in [1.29, 1.82) is 0 Å². The first kappa shape index (κ1) is 21.1. The van der Waals surface area contributed by atoms with Crippen molar-refractivity contribution in [3.05, 3.63) is 29.8 Å². The Labute approximate surface area is 149 Å². The highest BCUT2D eigenvalue weighted by Gasteiger charge is 2.21. The van der Waals surface area contributed by atoms with E-state index in [9.17, 15) is 18.0 Å². The van der Waals surface area contributed by atoms with E-state index in [1.807, 2.05) is 13.8 Å². The maximum atomic E-state index is 12.7. The highest BCUT2D eigenvalue weighted by Crippen LogP contribution is 2.16. The zero-order valence-electron chi connectivity index (χ0n) is 15.4. The van der Waals surface area contributed by atoms with Gasteiger partial charge in [0, 0.05) is 32.7 Å². The third kappa shape index (κ3) is 5.82. The van der Waals surface area contributed by atoms with Crippen molar-refractivity contribution < 1.29 is 22.7 Å². The number of hydrogen-bond donors (Lipinski definition) is 0. The Hall–Kier alpha value is -1.93. The van der Waals surface area contributed by atoms with Crippen LogP contribution in [0.5, 0.6) is 0 Å². The van der Waals surface area contributed by atoms with Crippen molar-refractivity contribution >= 4 is 21.9 Å². The van der Waals surface area contributed by atoms with Crippen LogP contribution < -0.4 is 0 Å². The number of sulfonamides is 1. The summed E-state index contributed by atoms with van der Waals surface area (Å²) in [6.07, 6.45) is 0.113. The fourth-order valence-electron chi connectivity index (χ4n) is 2.21. The summed E-state index contributed by atoms with van der Waals surface area (Å²) in [6.45, 7) is 4.70. The number of carbonyl (C=O) groups is 2. The molecular formula is C17H26N2O5S. The zero-order valence-corrected chi connectivity index (χ0v) is 16.2. The summed E-state index contributed by atoms with van der Waals surface area (Å²) in [6, 6.07) is 5.81. The predicted octanol–water partition coefficient (Wildman–Crippen LogP) is 1.60. The van der Waals surface area contributed by atoms with Gasteiger partial charge in [0.05, 0.1) is 18.4 Å². The highest BCUT2D eigenvalue weighted by molar-refractivity contribution is 7.89. The smallest absolute Gasteiger partial charge is 0.307 e. The van der Waals surface area contributed by atoms with Crippen LogP contribution in [0.2, 0.25) is 0 Å². The summed E-state index contributed by atoms with van der Waals surface area (Å²) >= 11 is 0. The van der Waals surface area contributed by atoms with Crippen LogP contribution in [-0.4, -0.2) is 63.8 Å². The number of methoxy groups -OCH3 is 1. The SMILES string of the molecule is COC(=O)CCN(CC(C)C)C(=O)c1ccc(S(=O)(=O)N(C)C)cc1. The lowest BCUT2D eigenvalue weighted by Gasteiger charge is -2.24. The van der Waals surface area contributed by atoms with Gasteiger partial charge in [0.1, 0.15) is 0 Å². The van der Waals surface area contributed by atoms with E-state index in [0.717, 1.165) is 4.31 Å². The molecule has 0 aromatic heterocycles. The second kappa shape index (κ2) is 8.96. The van der Waals surface area contributed by atoms with Gasteiger partial charge >= 0.3 is 5.97 Å². The summed E-state index contributed by atoms with van der Waals surface area (Å²) in [5.41, 5.74) is 0.378. The van der Waals surface area contributed by atoms with E-state index in [2.05, 4.69) is 4.74 Å². The van der Waals surface area contributed by atoms with Gasteiger partial charge in [0.25, 0.3) is 5.91 Å². The Bertz CT molecular complexity index is 696. The molecule has 0 bridgehead atoms. The number of rotatable bonds is 8. The van der Waals surface area contributed by atoms with E-state index in [0.29, 0.717) is 12.1 Å². The minimum absolute atomic E-state index is 0.113. The first-order valence-corrected chi connectivity index (χ1v) is 9.42. The van der Waals surface area contributed by atoms with Crippen LogP contribution in [0.25, 0.3) is 0 Å². The Morgan fingerprint density at radius 1 is 1.12 bits per heavy atom. The van der Waals surface area contributed by atoms with Crippen LogP contribution in [0, 0.1) is 5.92 Å². The fourth-order valence-corrected chi connectivity index (χ4v) is 3.11. The van der Waals surface area contributed by atoms with E-state index >= 15 is 0 Å². The monoisotopic (exact) mass is 370 g/mol. The lowest BCUT2D eigenvalue weighted by atomic mass is 10.1. The van der Waals surface area contributed by atoms with E-state index in [-0.39, 0.29) is 35.7 Å². The molecule has 0 N–H and O–H groups in total. The van der Waals surface area contributed by atoms with E-state index < -0.39 is 10.0 Å². The van der Waals surface area contributed by atoms with Crippen LogP contribution in [0.1, 0.15) is 30.6 Å². The third-order valence-corrected chi connectivity index (χ3v) is 5.40. The topological polar surface area (TPSA) is 84.0 Å². The van der Waals surface area contributed by atoms with E-state index in [4.69, 9.17) is 0 Å². The molecule has 0 heterocycles. The lowest BCUT2D eigenvalue weighted by molar-refractivity contribution is -0.140. The lowest BCUT2D eigenvalue weighted by Crippen LogP contribution is -2.36. The van der Waals surface area contributed by atoms with Gasteiger partial charge in [-0.1, -0.05) is 13.8 Å². The maximum Gasteiger partial charge on any atom is 0.307 e. The molecule has 7 nitrogen and oxygen atoms in total. The summed E-state index contributed by atoms with van der Waals surface area (Å²) < 4.78 is 29.9. The molecule has 1 aromatic carbocycles. The fraction of sp³-hybridized carbons (Fsp3) is 0.529. The minimum Gasteiger partial charge on any atom is -0.469 e. The van der Waals surface area contributed by atoms with Gasteiger partial charge in [-0.25, -0.2) is 12.7 Å². The Balaban J connectivity index is 2.98. The molecule has 0 spiro atoms. The molecule has 140 valence electrons. The number of hydrogen-bond acceptors (Lipinski definition) is 5. The minimum atomic E-state index is -3.54. The third-order valence-electron chi connectivity index (χ3n) is 3.57. The number of esters is 1. The number of benzene rings is 1. The molecule has 0 radical (unpaired) electrons. The molecule has 0 aliphatic carbocycles. The largest absolute Gasteiger partial charge is 0.469 e. The molecular weight excluding hydrogens is 344 g/mol. The Kier molecular flexibility index (Phi) is 7.57. The molecule has 25 heavy (non-hydrogen) atoms. The predicted molar refractivity (Wildman–Crippen MR) is 94.7 cm³/mol. The molecule has 0 aliphatic rings. The number of carbonyl (C=O) groups excluding carboxylic acids is 2. The summed E-state index contributed by atoms with van der Waals surface area (Å²) in [7, 11) is 0.670. The van der Waals surface area contributed by atoms with Crippen molar-refractivity contribution in [1.82, 2.24) is 9.21 Å². The van der Waals surface area contributed by atoms with Gasteiger partial charge in [-0.05, 0) is 30.2 Å². The van der Waals surface area contributed by atoms with Crippen LogP contribution in [0.4, 0.5) is 0 Å². The van der Waals surface area contributed by atoms with Crippen LogP contribution in [-0.2, 0) is 19.6 Å². The van der Waals surface area contributed by atoms with Crippen molar-refractivity contribution in [2.75, 3.05) is 34.3 Å². The molecule has 0 fully saturated rings. The summed E-state index contributed by atoms with van der Waals surface area (Å²) in [5, 5.41) is 0. The average Bonchev–Trinajstić information content (AvgIpc) is 2.57. The molecule has 1 aromatic rings. The van der Waals surface area contributed by atoms with Gasteiger partial charge in [0.2, 0.25) is 10.0 Å². The van der Waals surface area contributed by atoms with E-state index in [1.54, 1.807) is 4.90 Å². The van der Waals surface area contributed by atoms with Crippen LogP contribution >= 0.6 is 0 Å². The van der Waals surface area contributed by atoms with Gasteiger partial charge in [0.15, 0.2) is 0 Å². The molecule has 8 heteroatoms. The number of amides is 1. The highest BCUT2D eigenvalue weighted by atomic mass is 32.2. The molecule has 1 amide bonds. The second-order valence-corrected chi connectivity index (χ2v) is 8.43. The van der Waals surface area contributed by atoms with Gasteiger partial charge < -0.3 is 9.64 Å². The quantitative estimate of drug-likeness (QED) is 0.649. The molecule has 0 unspecified atom stereocenters. The van der Waals surface area contributed by atoms with Crippen molar-refractivity contribution in [2.45, 2.75) is 25.2 Å². The second-order valence-electron chi connectivity index (χ2n) is 6.28. The molecule has 0 aliphatic heterocycles. The zero-order chi connectivity index (χ0) is 19.2. The molecule has 0 atom stereocenters. The average molecular weight is 370 g/mol. The van der Waals surface area contributed by atoms with Crippen molar-refractivity contribution in [3.8, 4) is 0 Å². The van der Waals surface area contributed by atoms with E-state index in [1.165, 1.54) is 45.5 Å². The molecule has 0 saturated carbocycles. The normalized spacial score (nSPS) is 11.6. The Morgan fingerprint density at radius 2 is 1.68 bits per heavy atom.